The third kappa shape index (κ3) is 6.02. The quantitative estimate of drug-likeness (QED) is 0.770. The van der Waals surface area contributed by atoms with Gasteiger partial charge >= 0.3 is 0 Å². The van der Waals surface area contributed by atoms with Crippen LogP contribution in [0.25, 0.3) is 0 Å². The van der Waals surface area contributed by atoms with Gasteiger partial charge in [-0.05, 0) is 44.9 Å². The van der Waals surface area contributed by atoms with E-state index < -0.39 is 5.54 Å². The van der Waals surface area contributed by atoms with Crippen LogP contribution >= 0.6 is 0 Å². The lowest BCUT2D eigenvalue weighted by Crippen LogP contribution is -2.40. The average molecular weight is 333 g/mol. The van der Waals surface area contributed by atoms with Crippen molar-refractivity contribution in [1.29, 1.82) is 0 Å². The van der Waals surface area contributed by atoms with E-state index in [-0.39, 0.29) is 34.4 Å². The van der Waals surface area contributed by atoms with Crippen molar-refractivity contribution in [3.05, 3.63) is 34.9 Å². The second-order valence-electron chi connectivity index (χ2n) is 7.19. The largest absolute Gasteiger partial charge is 0.355 e. The number of carbonyl (C=O) groups is 3. The molecule has 0 fully saturated rings. The van der Waals surface area contributed by atoms with Gasteiger partial charge in [0.1, 0.15) is 0 Å². The first-order chi connectivity index (χ1) is 11.0. The lowest BCUT2D eigenvalue weighted by molar-refractivity contribution is 0.0919. The Hall–Kier alpha value is -2.37. The van der Waals surface area contributed by atoms with Crippen LogP contribution in [-0.2, 0) is 0 Å². The maximum Gasteiger partial charge on any atom is 0.251 e. The van der Waals surface area contributed by atoms with Crippen LogP contribution in [0.1, 0.15) is 65.7 Å². The molecule has 0 aliphatic carbocycles. The van der Waals surface area contributed by atoms with E-state index in [4.69, 9.17) is 0 Å². The van der Waals surface area contributed by atoms with Crippen LogP contribution in [0.5, 0.6) is 0 Å². The predicted octanol–water partition coefficient (Wildman–Crippen LogP) is 1.96. The fourth-order valence-electron chi connectivity index (χ4n) is 1.98. The Bertz CT molecular complexity index is 631. The summed E-state index contributed by atoms with van der Waals surface area (Å²) in [5.41, 5.74) is 0.422. The minimum absolute atomic E-state index is 0.272. The number of carbonyl (C=O) groups excluding carboxylic acids is 3. The van der Waals surface area contributed by atoms with Crippen LogP contribution in [0, 0.1) is 5.92 Å². The summed E-state index contributed by atoms with van der Waals surface area (Å²) in [6.07, 6.45) is 0. The number of rotatable bonds is 5. The number of hydrogen-bond donors (Lipinski definition) is 3. The van der Waals surface area contributed by atoms with Gasteiger partial charge in [0.2, 0.25) is 0 Å². The van der Waals surface area contributed by atoms with Crippen molar-refractivity contribution < 1.29 is 14.4 Å². The van der Waals surface area contributed by atoms with Crippen LogP contribution < -0.4 is 16.0 Å². The molecule has 1 rings (SSSR count). The highest BCUT2D eigenvalue weighted by Gasteiger charge is 2.19. The van der Waals surface area contributed by atoms with Crippen LogP contribution in [0.4, 0.5) is 0 Å². The first-order valence-electron chi connectivity index (χ1n) is 8.01. The van der Waals surface area contributed by atoms with Crippen LogP contribution in [0.15, 0.2) is 18.2 Å². The maximum absolute atomic E-state index is 12.4. The second kappa shape index (κ2) is 7.95. The molecule has 3 N–H and O–H groups in total. The van der Waals surface area contributed by atoms with Crippen LogP contribution in [-0.4, -0.2) is 36.9 Å². The lowest BCUT2D eigenvalue weighted by Gasteiger charge is -2.21. The lowest BCUT2D eigenvalue weighted by atomic mass is 10.0. The van der Waals surface area contributed by atoms with Crippen LogP contribution in [0.2, 0.25) is 0 Å². The number of amides is 3. The van der Waals surface area contributed by atoms with E-state index in [0.717, 1.165) is 0 Å². The number of hydrogen-bond acceptors (Lipinski definition) is 3. The van der Waals surface area contributed by atoms with Crippen molar-refractivity contribution in [2.24, 2.45) is 5.92 Å². The molecular weight excluding hydrogens is 306 g/mol. The van der Waals surface area contributed by atoms with Gasteiger partial charge in [-0.2, -0.15) is 0 Å². The van der Waals surface area contributed by atoms with E-state index in [9.17, 15) is 14.4 Å². The molecular formula is C18H27N3O3. The fourth-order valence-corrected chi connectivity index (χ4v) is 1.98. The molecule has 6 nitrogen and oxygen atoms in total. The molecule has 0 aromatic heterocycles. The highest BCUT2D eigenvalue weighted by atomic mass is 16.2. The third-order valence-electron chi connectivity index (χ3n) is 3.11. The minimum atomic E-state index is -0.416. The molecule has 0 bridgehead atoms. The topological polar surface area (TPSA) is 87.3 Å². The maximum atomic E-state index is 12.4. The van der Waals surface area contributed by atoms with Gasteiger partial charge in [-0.1, -0.05) is 13.8 Å². The van der Waals surface area contributed by atoms with Crippen molar-refractivity contribution >= 4 is 17.7 Å². The monoisotopic (exact) mass is 333 g/mol. The van der Waals surface area contributed by atoms with Crippen LogP contribution in [0.3, 0.4) is 0 Å². The highest BCUT2D eigenvalue weighted by Crippen LogP contribution is 2.13. The Kier molecular flexibility index (Phi) is 6.51. The van der Waals surface area contributed by atoms with Gasteiger partial charge in [0, 0.05) is 35.8 Å². The molecule has 0 heterocycles. The summed E-state index contributed by atoms with van der Waals surface area (Å²) in [6, 6.07) is 4.48. The van der Waals surface area contributed by atoms with Gasteiger partial charge in [0.05, 0.1) is 0 Å². The van der Waals surface area contributed by atoms with Gasteiger partial charge in [0.15, 0.2) is 0 Å². The average Bonchev–Trinajstić information content (AvgIpc) is 2.49. The van der Waals surface area contributed by atoms with E-state index in [2.05, 4.69) is 16.0 Å². The Balaban J connectivity index is 3.19. The molecule has 3 amide bonds. The van der Waals surface area contributed by atoms with Gasteiger partial charge in [-0.3, -0.25) is 14.4 Å². The van der Waals surface area contributed by atoms with Crippen molar-refractivity contribution in [2.75, 3.05) is 13.6 Å². The molecule has 1 aromatic carbocycles. The highest BCUT2D eigenvalue weighted by molar-refractivity contribution is 6.04. The molecule has 0 aliphatic rings. The molecule has 0 aliphatic heterocycles. The molecule has 0 spiro atoms. The van der Waals surface area contributed by atoms with Gasteiger partial charge in [0.25, 0.3) is 17.7 Å². The van der Waals surface area contributed by atoms with Crippen molar-refractivity contribution in [3.8, 4) is 0 Å². The van der Waals surface area contributed by atoms with Gasteiger partial charge in [-0.25, -0.2) is 0 Å². The number of nitrogens with one attached hydrogen (secondary N) is 3. The second-order valence-corrected chi connectivity index (χ2v) is 7.19. The molecule has 0 saturated carbocycles. The normalized spacial score (nSPS) is 11.1. The summed E-state index contributed by atoms with van der Waals surface area (Å²) < 4.78 is 0. The Morgan fingerprint density at radius 3 is 1.79 bits per heavy atom. The molecule has 24 heavy (non-hydrogen) atoms. The van der Waals surface area contributed by atoms with E-state index in [1.807, 2.05) is 34.6 Å². The third-order valence-corrected chi connectivity index (χ3v) is 3.11. The van der Waals surface area contributed by atoms with Crippen molar-refractivity contribution in [3.63, 3.8) is 0 Å². The van der Waals surface area contributed by atoms with Crippen molar-refractivity contribution in [2.45, 2.75) is 40.2 Å². The zero-order valence-corrected chi connectivity index (χ0v) is 15.2. The van der Waals surface area contributed by atoms with E-state index in [1.165, 1.54) is 25.2 Å². The first-order valence-corrected chi connectivity index (χ1v) is 8.01. The summed E-state index contributed by atoms with van der Waals surface area (Å²) in [5.74, 6) is -0.677. The Morgan fingerprint density at radius 2 is 1.38 bits per heavy atom. The summed E-state index contributed by atoms with van der Waals surface area (Å²) in [6.45, 7) is 10.1. The molecule has 0 radical (unpaired) electrons. The summed E-state index contributed by atoms with van der Waals surface area (Å²) in [7, 11) is 1.50. The molecule has 6 heteroatoms. The van der Waals surface area contributed by atoms with E-state index in [1.54, 1.807) is 0 Å². The zero-order valence-electron chi connectivity index (χ0n) is 15.2. The molecule has 0 saturated heterocycles. The first kappa shape index (κ1) is 19.7. The molecule has 0 atom stereocenters. The van der Waals surface area contributed by atoms with Gasteiger partial charge < -0.3 is 16.0 Å². The fraction of sp³-hybridized carbons (Fsp3) is 0.500. The molecule has 0 unspecified atom stereocenters. The number of benzene rings is 1. The summed E-state index contributed by atoms with van der Waals surface area (Å²) in [5, 5.41) is 8.14. The predicted molar refractivity (Wildman–Crippen MR) is 94.2 cm³/mol. The Morgan fingerprint density at radius 1 is 0.917 bits per heavy atom. The van der Waals surface area contributed by atoms with Gasteiger partial charge in [-0.15, -0.1) is 0 Å². The SMILES string of the molecule is CNC(=O)c1cc(C(=O)NCC(C)C)cc(C(=O)NC(C)(C)C)c1. The Labute approximate surface area is 143 Å². The van der Waals surface area contributed by atoms with E-state index in [0.29, 0.717) is 12.5 Å². The smallest absolute Gasteiger partial charge is 0.251 e. The summed E-state index contributed by atoms with van der Waals surface area (Å²) >= 11 is 0. The van der Waals surface area contributed by atoms with E-state index >= 15 is 0 Å². The van der Waals surface area contributed by atoms with Crippen molar-refractivity contribution in [1.82, 2.24) is 16.0 Å². The summed E-state index contributed by atoms with van der Waals surface area (Å²) in [4.78, 5) is 36.6. The molecule has 1 aromatic rings. The standard InChI is InChI=1S/C18H27N3O3/c1-11(2)10-20-16(23)13-7-12(15(22)19-6)8-14(9-13)17(24)21-18(3,4)5/h7-9,11H,10H2,1-6H3,(H,19,22)(H,20,23)(H,21,24). The zero-order chi connectivity index (χ0) is 18.5. The minimum Gasteiger partial charge on any atom is -0.355 e. The molecule has 132 valence electrons.